The maximum atomic E-state index is 12.2. The molecule has 0 aromatic rings. The van der Waals surface area contributed by atoms with Crippen LogP contribution in [0.4, 0.5) is 0 Å². The summed E-state index contributed by atoms with van der Waals surface area (Å²) in [7, 11) is 1.38. The average Bonchev–Trinajstić information content (AvgIpc) is 2.97. The van der Waals surface area contributed by atoms with E-state index in [9.17, 15) is 9.59 Å². The van der Waals surface area contributed by atoms with Crippen LogP contribution in [0.2, 0.25) is 0 Å². The number of hydrogen-bond acceptors (Lipinski definition) is 4. The van der Waals surface area contributed by atoms with Gasteiger partial charge in [0.2, 0.25) is 5.91 Å². The number of carbonyl (C=O) groups is 2. The molecule has 0 aliphatic carbocycles. The van der Waals surface area contributed by atoms with E-state index in [0.717, 1.165) is 32.4 Å². The zero-order valence-corrected chi connectivity index (χ0v) is 9.57. The number of carbonyl (C=O) groups excluding carboxylic acids is 2. The van der Waals surface area contributed by atoms with Crippen LogP contribution < -0.4 is 5.32 Å². The lowest BCUT2D eigenvalue weighted by atomic mass is 10.1. The van der Waals surface area contributed by atoms with E-state index in [0.29, 0.717) is 6.54 Å². The summed E-state index contributed by atoms with van der Waals surface area (Å²) in [5.74, 6) is -0.125. The number of nitrogens with one attached hydrogen (secondary N) is 1. The number of likely N-dealkylation sites (tertiary alicyclic amines) is 1. The third-order valence-electron chi connectivity index (χ3n) is 3.42. The molecule has 0 bridgehead atoms. The van der Waals surface area contributed by atoms with Crippen molar-refractivity contribution in [3.05, 3.63) is 0 Å². The smallest absolute Gasteiger partial charge is 0.328 e. The summed E-state index contributed by atoms with van der Waals surface area (Å²) in [6.07, 6.45) is 2.51. The highest BCUT2D eigenvalue weighted by Gasteiger charge is 2.38. The van der Waals surface area contributed by atoms with Crippen LogP contribution in [-0.4, -0.2) is 49.6 Å². The van der Waals surface area contributed by atoms with E-state index in [1.165, 1.54) is 7.11 Å². The van der Waals surface area contributed by atoms with Gasteiger partial charge in [0.15, 0.2) is 0 Å². The third kappa shape index (κ3) is 2.04. The normalized spacial score (nSPS) is 29.4. The van der Waals surface area contributed by atoms with Crippen molar-refractivity contribution >= 4 is 11.9 Å². The van der Waals surface area contributed by atoms with E-state index in [4.69, 9.17) is 4.74 Å². The summed E-state index contributed by atoms with van der Waals surface area (Å²) in [5, 5.41) is 3.17. The summed E-state index contributed by atoms with van der Waals surface area (Å²) in [6.45, 7) is 2.32. The second kappa shape index (κ2) is 4.82. The molecule has 16 heavy (non-hydrogen) atoms. The maximum Gasteiger partial charge on any atom is 0.328 e. The van der Waals surface area contributed by atoms with Gasteiger partial charge in [-0.3, -0.25) is 4.79 Å². The lowest BCUT2D eigenvalue weighted by molar-refractivity contribution is -0.152. The van der Waals surface area contributed by atoms with Gasteiger partial charge < -0.3 is 15.0 Å². The number of esters is 1. The monoisotopic (exact) mass is 226 g/mol. The molecule has 2 unspecified atom stereocenters. The van der Waals surface area contributed by atoms with Crippen molar-refractivity contribution in [3.63, 3.8) is 0 Å². The fourth-order valence-electron chi connectivity index (χ4n) is 2.51. The molecule has 2 aliphatic rings. The van der Waals surface area contributed by atoms with Gasteiger partial charge >= 0.3 is 5.97 Å². The van der Waals surface area contributed by atoms with Crippen molar-refractivity contribution < 1.29 is 14.3 Å². The van der Waals surface area contributed by atoms with E-state index in [2.05, 4.69) is 5.32 Å². The third-order valence-corrected chi connectivity index (χ3v) is 3.42. The van der Waals surface area contributed by atoms with Gasteiger partial charge in [0.25, 0.3) is 0 Å². The lowest BCUT2D eigenvalue weighted by Gasteiger charge is -2.25. The Hall–Kier alpha value is -1.10. The fourth-order valence-corrected chi connectivity index (χ4v) is 2.51. The van der Waals surface area contributed by atoms with Crippen LogP contribution in [0.3, 0.4) is 0 Å². The Bertz CT molecular complexity index is 287. The zero-order chi connectivity index (χ0) is 11.5. The summed E-state index contributed by atoms with van der Waals surface area (Å²) in [5.41, 5.74) is 0. The second-order valence-corrected chi connectivity index (χ2v) is 4.40. The number of methoxy groups -OCH3 is 1. The molecule has 5 heteroatoms. The Morgan fingerprint density at radius 1 is 1.38 bits per heavy atom. The molecule has 0 spiro atoms. The summed E-state index contributed by atoms with van der Waals surface area (Å²) in [4.78, 5) is 25.4. The summed E-state index contributed by atoms with van der Waals surface area (Å²) >= 11 is 0. The van der Waals surface area contributed by atoms with Crippen molar-refractivity contribution in [1.82, 2.24) is 10.2 Å². The largest absolute Gasteiger partial charge is 0.467 e. The second-order valence-electron chi connectivity index (χ2n) is 4.40. The first kappa shape index (κ1) is 11.4. The van der Waals surface area contributed by atoms with Crippen molar-refractivity contribution in [3.8, 4) is 0 Å². The first-order valence-electron chi connectivity index (χ1n) is 5.83. The molecular formula is C11H18N2O3. The highest BCUT2D eigenvalue weighted by atomic mass is 16.5. The van der Waals surface area contributed by atoms with Crippen LogP contribution in [0.5, 0.6) is 0 Å². The van der Waals surface area contributed by atoms with Gasteiger partial charge in [-0.05, 0) is 25.8 Å². The molecule has 0 radical (unpaired) electrons. The van der Waals surface area contributed by atoms with Crippen LogP contribution >= 0.6 is 0 Å². The Kier molecular flexibility index (Phi) is 3.43. The lowest BCUT2D eigenvalue weighted by Crippen LogP contribution is -2.44. The molecule has 5 nitrogen and oxygen atoms in total. The van der Waals surface area contributed by atoms with Gasteiger partial charge in [0.1, 0.15) is 6.04 Å². The molecule has 2 atom stereocenters. The molecule has 2 fully saturated rings. The van der Waals surface area contributed by atoms with Gasteiger partial charge in [0, 0.05) is 13.1 Å². The van der Waals surface area contributed by atoms with Gasteiger partial charge in [-0.2, -0.15) is 0 Å². The Balaban J connectivity index is 2.01. The van der Waals surface area contributed by atoms with E-state index in [-0.39, 0.29) is 23.8 Å². The van der Waals surface area contributed by atoms with Crippen molar-refractivity contribution in [2.24, 2.45) is 5.92 Å². The minimum atomic E-state index is -0.349. The highest BCUT2D eigenvalue weighted by Crippen LogP contribution is 2.22. The number of ether oxygens (including phenoxy) is 1. The minimum Gasteiger partial charge on any atom is -0.467 e. The van der Waals surface area contributed by atoms with Gasteiger partial charge in [-0.25, -0.2) is 4.79 Å². The Morgan fingerprint density at radius 2 is 2.19 bits per heavy atom. The molecule has 90 valence electrons. The van der Waals surface area contributed by atoms with E-state index in [1.807, 2.05) is 0 Å². The predicted octanol–water partition coefficient (Wildman–Crippen LogP) is -0.240. The quantitative estimate of drug-likeness (QED) is 0.660. The fraction of sp³-hybridized carbons (Fsp3) is 0.818. The molecule has 0 saturated carbocycles. The van der Waals surface area contributed by atoms with Crippen LogP contribution in [0.25, 0.3) is 0 Å². The SMILES string of the molecule is COC(=O)C1CCCN1C(=O)C1CCNC1. The topological polar surface area (TPSA) is 58.6 Å². The molecule has 2 rings (SSSR count). The van der Waals surface area contributed by atoms with Crippen LogP contribution in [0, 0.1) is 5.92 Å². The molecule has 1 amide bonds. The molecule has 2 heterocycles. The summed E-state index contributed by atoms with van der Waals surface area (Å²) < 4.78 is 4.73. The van der Waals surface area contributed by atoms with Crippen LogP contribution in [0.15, 0.2) is 0 Å². The number of nitrogens with zero attached hydrogens (tertiary/aromatic N) is 1. The standard InChI is InChI=1S/C11H18N2O3/c1-16-11(15)9-3-2-6-13(9)10(14)8-4-5-12-7-8/h8-9,12H,2-7H2,1H3. The molecule has 2 aliphatic heterocycles. The van der Waals surface area contributed by atoms with Gasteiger partial charge in [0.05, 0.1) is 13.0 Å². The van der Waals surface area contributed by atoms with Crippen molar-refractivity contribution in [2.75, 3.05) is 26.7 Å². The first-order valence-corrected chi connectivity index (χ1v) is 5.83. The number of rotatable bonds is 2. The van der Waals surface area contributed by atoms with Gasteiger partial charge in [-0.15, -0.1) is 0 Å². The van der Waals surface area contributed by atoms with Crippen LogP contribution in [-0.2, 0) is 14.3 Å². The minimum absolute atomic E-state index is 0.0465. The Morgan fingerprint density at radius 3 is 2.81 bits per heavy atom. The molecule has 1 N–H and O–H groups in total. The first-order chi connectivity index (χ1) is 7.74. The number of hydrogen-bond donors (Lipinski definition) is 1. The summed E-state index contributed by atoms with van der Waals surface area (Å²) in [6, 6.07) is -0.349. The van der Waals surface area contributed by atoms with E-state index in [1.54, 1.807) is 4.90 Å². The predicted molar refractivity (Wildman–Crippen MR) is 57.7 cm³/mol. The van der Waals surface area contributed by atoms with Crippen molar-refractivity contribution in [1.29, 1.82) is 0 Å². The zero-order valence-electron chi connectivity index (χ0n) is 9.57. The molecule has 0 aromatic heterocycles. The van der Waals surface area contributed by atoms with Crippen molar-refractivity contribution in [2.45, 2.75) is 25.3 Å². The number of amides is 1. The molecule has 2 saturated heterocycles. The Labute approximate surface area is 95.1 Å². The molecule has 0 aromatic carbocycles. The van der Waals surface area contributed by atoms with Crippen LogP contribution in [0.1, 0.15) is 19.3 Å². The molecular weight excluding hydrogens is 208 g/mol. The highest BCUT2D eigenvalue weighted by molar-refractivity contribution is 5.86. The maximum absolute atomic E-state index is 12.2. The van der Waals surface area contributed by atoms with E-state index >= 15 is 0 Å². The van der Waals surface area contributed by atoms with E-state index < -0.39 is 0 Å². The van der Waals surface area contributed by atoms with Gasteiger partial charge in [-0.1, -0.05) is 0 Å². The average molecular weight is 226 g/mol.